The SMILES string of the molecule is Cc1ccc2nc(NC(=O)CC(C)(C)C(F)F)n(C(C)(C)C)c2n1. The summed E-state index contributed by atoms with van der Waals surface area (Å²) in [6.07, 6.45) is -2.86. The molecule has 0 saturated carbocycles. The Balaban J connectivity index is 2.40. The van der Waals surface area contributed by atoms with E-state index in [9.17, 15) is 13.6 Å². The van der Waals surface area contributed by atoms with Crippen LogP contribution in [0.2, 0.25) is 0 Å². The van der Waals surface area contributed by atoms with Crippen molar-refractivity contribution in [2.45, 2.75) is 59.9 Å². The van der Waals surface area contributed by atoms with E-state index in [1.54, 1.807) is 0 Å². The maximum absolute atomic E-state index is 13.0. The average molecular weight is 338 g/mol. The van der Waals surface area contributed by atoms with Crippen LogP contribution in [-0.2, 0) is 10.3 Å². The van der Waals surface area contributed by atoms with Crippen LogP contribution in [0.4, 0.5) is 14.7 Å². The number of pyridine rings is 1. The van der Waals surface area contributed by atoms with Crippen LogP contribution in [0.25, 0.3) is 11.2 Å². The minimum Gasteiger partial charge on any atom is -0.296 e. The van der Waals surface area contributed by atoms with Crippen molar-refractivity contribution in [1.29, 1.82) is 0 Å². The van der Waals surface area contributed by atoms with Crippen molar-refractivity contribution in [3.63, 3.8) is 0 Å². The molecule has 0 fully saturated rings. The zero-order chi connectivity index (χ0) is 18.3. The van der Waals surface area contributed by atoms with E-state index in [0.29, 0.717) is 17.1 Å². The maximum atomic E-state index is 13.0. The van der Waals surface area contributed by atoms with Gasteiger partial charge >= 0.3 is 0 Å². The average Bonchev–Trinajstić information content (AvgIpc) is 2.74. The van der Waals surface area contributed by atoms with Crippen molar-refractivity contribution in [2.24, 2.45) is 5.41 Å². The molecule has 2 heterocycles. The van der Waals surface area contributed by atoms with E-state index >= 15 is 0 Å². The Hall–Kier alpha value is -2.05. The number of halogens is 2. The van der Waals surface area contributed by atoms with Gasteiger partial charge in [0, 0.05) is 23.1 Å². The summed E-state index contributed by atoms with van der Waals surface area (Å²) in [6, 6.07) is 3.67. The first-order valence-electron chi connectivity index (χ1n) is 7.86. The molecule has 0 bridgehead atoms. The van der Waals surface area contributed by atoms with Crippen LogP contribution in [0.3, 0.4) is 0 Å². The van der Waals surface area contributed by atoms with E-state index in [0.717, 1.165) is 5.69 Å². The number of aryl methyl sites for hydroxylation is 1. The molecule has 132 valence electrons. The van der Waals surface area contributed by atoms with Gasteiger partial charge < -0.3 is 0 Å². The Bertz CT molecular complexity index is 760. The molecular formula is C17H24F2N4O. The lowest BCUT2D eigenvalue weighted by atomic mass is 9.89. The van der Waals surface area contributed by atoms with Gasteiger partial charge in [-0.25, -0.2) is 18.7 Å². The fourth-order valence-electron chi connectivity index (χ4n) is 2.43. The van der Waals surface area contributed by atoms with E-state index in [2.05, 4.69) is 15.3 Å². The van der Waals surface area contributed by atoms with Crippen LogP contribution >= 0.6 is 0 Å². The van der Waals surface area contributed by atoms with Crippen molar-refractivity contribution < 1.29 is 13.6 Å². The number of hydrogen-bond donors (Lipinski definition) is 1. The van der Waals surface area contributed by atoms with Crippen molar-refractivity contribution in [3.05, 3.63) is 17.8 Å². The molecule has 5 nitrogen and oxygen atoms in total. The van der Waals surface area contributed by atoms with E-state index in [1.807, 2.05) is 44.4 Å². The molecule has 0 aliphatic heterocycles. The minimum absolute atomic E-state index is 0.287. The Morgan fingerprint density at radius 2 is 1.83 bits per heavy atom. The number of carbonyl (C=O) groups excluding carboxylic acids is 1. The first kappa shape index (κ1) is 18.3. The van der Waals surface area contributed by atoms with Crippen LogP contribution in [0, 0.1) is 12.3 Å². The summed E-state index contributed by atoms with van der Waals surface area (Å²) in [4.78, 5) is 21.2. The third-order valence-corrected chi connectivity index (χ3v) is 3.77. The van der Waals surface area contributed by atoms with Crippen molar-refractivity contribution in [2.75, 3.05) is 5.32 Å². The maximum Gasteiger partial charge on any atom is 0.244 e. The lowest BCUT2D eigenvalue weighted by molar-refractivity contribution is -0.120. The van der Waals surface area contributed by atoms with Gasteiger partial charge in [-0.1, -0.05) is 13.8 Å². The molecule has 0 aliphatic carbocycles. The number of rotatable bonds is 4. The monoisotopic (exact) mass is 338 g/mol. The predicted octanol–water partition coefficient (Wildman–Crippen LogP) is 4.11. The zero-order valence-electron chi connectivity index (χ0n) is 14.9. The molecule has 2 rings (SSSR count). The highest BCUT2D eigenvalue weighted by molar-refractivity contribution is 5.91. The molecule has 0 aromatic carbocycles. The molecule has 0 unspecified atom stereocenters. The van der Waals surface area contributed by atoms with Crippen LogP contribution in [-0.4, -0.2) is 26.9 Å². The molecule has 0 spiro atoms. The Morgan fingerprint density at radius 1 is 1.21 bits per heavy atom. The molecular weight excluding hydrogens is 314 g/mol. The van der Waals surface area contributed by atoms with Gasteiger partial charge in [-0.05, 0) is 39.8 Å². The van der Waals surface area contributed by atoms with Gasteiger partial charge in [0.15, 0.2) is 5.65 Å². The molecule has 2 aromatic rings. The second-order valence-corrected chi connectivity index (χ2v) is 7.75. The van der Waals surface area contributed by atoms with Gasteiger partial charge in [0.25, 0.3) is 0 Å². The topological polar surface area (TPSA) is 59.8 Å². The first-order valence-corrected chi connectivity index (χ1v) is 7.86. The van der Waals surface area contributed by atoms with Crippen molar-refractivity contribution in [1.82, 2.24) is 14.5 Å². The van der Waals surface area contributed by atoms with Gasteiger partial charge in [-0.2, -0.15) is 0 Å². The number of aromatic nitrogens is 3. The van der Waals surface area contributed by atoms with Gasteiger partial charge in [0.2, 0.25) is 18.3 Å². The Kier molecular flexibility index (Phi) is 4.65. The molecule has 1 N–H and O–H groups in total. The van der Waals surface area contributed by atoms with Crippen molar-refractivity contribution >= 4 is 23.0 Å². The molecule has 0 aliphatic rings. The number of nitrogens with zero attached hydrogens (tertiary/aromatic N) is 3. The Morgan fingerprint density at radius 3 is 2.38 bits per heavy atom. The van der Waals surface area contributed by atoms with Gasteiger partial charge in [0.1, 0.15) is 5.52 Å². The Labute approximate surface area is 140 Å². The summed E-state index contributed by atoms with van der Waals surface area (Å²) in [5.41, 5.74) is 0.378. The molecule has 0 radical (unpaired) electrons. The minimum atomic E-state index is -2.58. The predicted molar refractivity (Wildman–Crippen MR) is 90.3 cm³/mol. The zero-order valence-corrected chi connectivity index (χ0v) is 14.9. The van der Waals surface area contributed by atoms with Crippen molar-refractivity contribution in [3.8, 4) is 0 Å². The lowest BCUT2D eigenvalue weighted by Gasteiger charge is -2.25. The standard InChI is InChI=1S/C17H24F2N4O/c1-10-7-8-11-13(20-10)23(16(2,3)4)15(21-11)22-12(24)9-17(5,6)14(18)19/h7-8,14H,9H2,1-6H3,(H,21,22,24). The fourth-order valence-corrected chi connectivity index (χ4v) is 2.43. The third kappa shape index (κ3) is 3.71. The smallest absolute Gasteiger partial charge is 0.244 e. The van der Waals surface area contributed by atoms with E-state index in [1.165, 1.54) is 13.8 Å². The van der Waals surface area contributed by atoms with Crippen LogP contribution in [0.15, 0.2) is 12.1 Å². The molecule has 2 aromatic heterocycles. The summed E-state index contributed by atoms with van der Waals surface area (Å²) in [6.45, 7) is 10.5. The van der Waals surface area contributed by atoms with Crippen LogP contribution in [0.5, 0.6) is 0 Å². The van der Waals surface area contributed by atoms with Gasteiger partial charge in [0.05, 0.1) is 0 Å². The number of nitrogens with one attached hydrogen (secondary N) is 1. The number of anilines is 1. The summed E-state index contributed by atoms with van der Waals surface area (Å²) in [5, 5.41) is 2.68. The molecule has 24 heavy (non-hydrogen) atoms. The van der Waals surface area contributed by atoms with Gasteiger partial charge in [-0.15, -0.1) is 0 Å². The number of amides is 1. The highest BCUT2D eigenvalue weighted by Crippen LogP contribution is 2.31. The van der Waals surface area contributed by atoms with E-state index in [4.69, 9.17) is 0 Å². The molecule has 0 saturated heterocycles. The second-order valence-electron chi connectivity index (χ2n) is 7.75. The summed E-state index contributed by atoms with van der Waals surface area (Å²) in [7, 11) is 0. The molecule has 0 atom stereocenters. The molecule has 1 amide bonds. The van der Waals surface area contributed by atoms with Gasteiger partial charge in [-0.3, -0.25) is 14.7 Å². The normalized spacial score (nSPS) is 12.9. The summed E-state index contributed by atoms with van der Waals surface area (Å²) >= 11 is 0. The first-order chi connectivity index (χ1) is 10.9. The highest BCUT2D eigenvalue weighted by atomic mass is 19.3. The number of fused-ring (bicyclic) bond motifs is 1. The largest absolute Gasteiger partial charge is 0.296 e. The third-order valence-electron chi connectivity index (χ3n) is 3.77. The fraction of sp³-hybridized carbons (Fsp3) is 0.588. The highest BCUT2D eigenvalue weighted by Gasteiger charge is 2.33. The number of imidazole rings is 1. The quantitative estimate of drug-likeness (QED) is 0.912. The summed E-state index contributed by atoms with van der Waals surface area (Å²) in [5.74, 6) is -0.163. The number of hydrogen-bond acceptors (Lipinski definition) is 3. The number of alkyl halides is 2. The lowest BCUT2D eigenvalue weighted by Crippen LogP contribution is -2.31. The van der Waals surface area contributed by atoms with E-state index in [-0.39, 0.29) is 12.0 Å². The second kappa shape index (κ2) is 6.11. The van der Waals surface area contributed by atoms with Crippen LogP contribution in [0.1, 0.15) is 46.7 Å². The molecule has 7 heteroatoms. The van der Waals surface area contributed by atoms with Crippen LogP contribution < -0.4 is 5.32 Å². The summed E-state index contributed by atoms with van der Waals surface area (Å²) < 4.78 is 27.8. The number of carbonyl (C=O) groups is 1. The van der Waals surface area contributed by atoms with E-state index < -0.39 is 17.7 Å².